The first-order chi connectivity index (χ1) is 19.6. The molecule has 0 bridgehead atoms. The van der Waals surface area contributed by atoms with Gasteiger partial charge in [-0.15, -0.1) is 0 Å². The maximum Gasteiger partial charge on any atom is 0.264 e. The molecule has 0 spiro atoms. The van der Waals surface area contributed by atoms with E-state index in [0.717, 1.165) is 47.5 Å². The van der Waals surface area contributed by atoms with Gasteiger partial charge in [-0.25, -0.2) is 8.42 Å². The zero-order valence-electron chi connectivity index (χ0n) is 23.8. The second-order valence-electron chi connectivity index (χ2n) is 10.8. The highest BCUT2D eigenvalue weighted by atomic mass is 35.5. The van der Waals surface area contributed by atoms with Gasteiger partial charge in [0.2, 0.25) is 11.8 Å². The first-order valence-corrected chi connectivity index (χ1v) is 15.9. The molecular weight excluding hydrogens is 558 g/mol. The minimum Gasteiger partial charge on any atom is -0.352 e. The molecule has 3 aromatic carbocycles. The largest absolute Gasteiger partial charge is 0.352 e. The third-order valence-electron chi connectivity index (χ3n) is 7.66. The second-order valence-corrected chi connectivity index (χ2v) is 13.1. The molecule has 1 atom stereocenters. The number of benzene rings is 3. The lowest BCUT2D eigenvalue weighted by Gasteiger charge is -2.33. The van der Waals surface area contributed by atoms with Crippen molar-refractivity contribution in [3.63, 3.8) is 0 Å². The molecule has 0 radical (unpaired) electrons. The number of anilines is 1. The molecule has 7 nitrogen and oxygen atoms in total. The Morgan fingerprint density at radius 2 is 1.56 bits per heavy atom. The molecule has 0 unspecified atom stereocenters. The Bertz CT molecular complexity index is 1450. The lowest BCUT2D eigenvalue weighted by atomic mass is 9.95. The molecule has 0 saturated heterocycles. The Labute approximate surface area is 248 Å². The SMILES string of the molecule is Cc1ccc(S(=O)(=O)N(CC(=O)N(Cc2ccc(Cl)cc2)[C@H](C)C(=O)NC2CCCCC2)c2ccccc2C)cc1. The van der Waals surface area contributed by atoms with E-state index < -0.39 is 28.5 Å². The van der Waals surface area contributed by atoms with Gasteiger partial charge >= 0.3 is 0 Å². The van der Waals surface area contributed by atoms with Crippen LogP contribution in [0, 0.1) is 13.8 Å². The molecule has 1 saturated carbocycles. The molecule has 1 fully saturated rings. The fourth-order valence-electron chi connectivity index (χ4n) is 5.13. The van der Waals surface area contributed by atoms with E-state index in [1.165, 1.54) is 4.90 Å². The van der Waals surface area contributed by atoms with E-state index in [1.54, 1.807) is 67.6 Å². The van der Waals surface area contributed by atoms with Crippen LogP contribution in [-0.2, 0) is 26.2 Å². The van der Waals surface area contributed by atoms with Crippen LogP contribution >= 0.6 is 11.6 Å². The number of hydrogen-bond donors (Lipinski definition) is 1. The van der Waals surface area contributed by atoms with Crippen molar-refractivity contribution in [1.82, 2.24) is 10.2 Å². The summed E-state index contributed by atoms with van der Waals surface area (Å²) >= 11 is 6.08. The number of halogens is 1. The van der Waals surface area contributed by atoms with E-state index in [2.05, 4.69) is 5.32 Å². The molecule has 0 heterocycles. The molecule has 4 rings (SSSR count). The Morgan fingerprint density at radius 3 is 2.20 bits per heavy atom. The van der Waals surface area contributed by atoms with Crippen molar-refractivity contribution in [3.8, 4) is 0 Å². The standard InChI is InChI=1S/C32H38ClN3O4S/c1-23-13-19-29(20-14-23)41(39,40)36(30-12-8-7-9-24(30)2)22-31(37)35(21-26-15-17-27(33)18-16-26)25(3)32(38)34-28-10-5-4-6-11-28/h7-9,12-20,25,28H,4-6,10-11,21-22H2,1-3H3,(H,34,38)/t25-/m1/s1. The van der Waals surface area contributed by atoms with Crippen LogP contribution in [0.1, 0.15) is 55.7 Å². The third-order valence-corrected chi connectivity index (χ3v) is 9.68. The van der Waals surface area contributed by atoms with E-state index in [9.17, 15) is 18.0 Å². The summed E-state index contributed by atoms with van der Waals surface area (Å²) in [6, 6.07) is 20.0. The quantitative estimate of drug-likeness (QED) is 0.311. The zero-order chi connectivity index (χ0) is 29.6. The van der Waals surface area contributed by atoms with Crippen LogP contribution in [0.4, 0.5) is 5.69 Å². The van der Waals surface area contributed by atoms with Gasteiger partial charge in [0, 0.05) is 17.6 Å². The normalized spacial score (nSPS) is 14.7. The van der Waals surface area contributed by atoms with Crippen LogP contribution in [0.25, 0.3) is 0 Å². The average Bonchev–Trinajstić information content (AvgIpc) is 2.96. The van der Waals surface area contributed by atoms with Crippen molar-refractivity contribution in [2.45, 2.75) is 76.4 Å². The van der Waals surface area contributed by atoms with E-state index >= 15 is 0 Å². The van der Waals surface area contributed by atoms with Crippen LogP contribution in [0.5, 0.6) is 0 Å². The Balaban J connectivity index is 1.68. The van der Waals surface area contributed by atoms with Gasteiger partial charge in [0.1, 0.15) is 12.6 Å². The number of hydrogen-bond acceptors (Lipinski definition) is 4. The van der Waals surface area contributed by atoms with Crippen LogP contribution in [0.15, 0.2) is 77.7 Å². The summed E-state index contributed by atoms with van der Waals surface area (Å²) in [7, 11) is -4.10. The zero-order valence-corrected chi connectivity index (χ0v) is 25.4. The van der Waals surface area contributed by atoms with Gasteiger partial charge in [0.05, 0.1) is 10.6 Å². The van der Waals surface area contributed by atoms with Crippen molar-refractivity contribution in [2.24, 2.45) is 0 Å². The van der Waals surface area contributed by atoms with Gasteiger partial charge in [0.25, 0.3) is 10.0 Å². The van der Waals surface area contributed by atoms with Gasteiger partial charge in [-0.1, -0.05) is 78.9 Å². The number of amides is 2. The number of sulfonamides is 1. The second kappa shape index (κ2) is 13.5. The molecule has 1 N–H and O–H groups in total. The van der Waals surface area contributed by atoms with E-state index in [-0.39, 0.29) is 23.4 Å². The smallest absolute Gasteiger partial charge is 0.264 e. The predicted octanol–water partition coefficient (Wildman–Crippen LogP) is 6.02. The monoisotopic (exact) mass is 595 g/mol. The molecule has 1 aliphatic carbocycles. The van der Waals surface area contributed by atoms with E-state index in [0.29, 0.717) is 16.3 Å². The summed E-state index contributed by atoms with van der Waals surface area (Å²) in [5.74, 6) is -0.728. The molecule has 3 aromatic rings. The average molecular weight is 596 g/mol. The topological polar surface area (TPSA) is 86.8 Å². The maximum absolute atomic E-state index is 14.1. The predicted molar refractivity (Wildman–Crippen MR) is 163 cm³/mol. The van der Waals surface area contributed by atoms with Crippen molar-refractivity contribution in [1.29, 1.82) is 0 Å². The summed E-state index contributed by atoms with van der Waals surface area (Å²) in [4.78, 5) is 29.0. The number of para-hydroxylation sites is 1. The number of carbonyl (C=O) groups is 2. The fraction of sp³-hybridized carbons (Fsp3) is 0.375. The fourth-order valence-corrected chi connectivity index (χ4v) is 6.74. The van der Waals surface area contributed by atoms with Gasteiger partial charge in [-0.05, 0) is 75.1 Å². The molecule has 0 aromatic heterocycles. The van der Waals surface area contributed by atoms with Crippen LogP contribution in [-0.4, -0.2) is 43.8 Å². The first-order valence-electron chi connectivity index (χ1n) is 14.1. The van der Waals surface area contributed by atoms with E-state index in [4.69, 9.17) is 11.6 Å². The molecule has 1 aliphatic rings. The minimum absolute atomic E-state index is 0.0802. The van der Waals surface area contributed by atoms with Gasteiger partial charge in [-0.3, -0.25) is 13.9 Å². The number of nitrogens with one attached hydrogen (secondary N) is 1. The van der Waals surface area contributed by atoms with Crippen LogP contribution < -0.4 is 9.62 Å². The first kappa shape index (κ1) is 30.6. The van der Waals surface area contributed by atoms with Gasteiger partial charge < -0.3 is 10.2 Å². The summed E-state index contributed by atoms with van der Waals surface area (Å²) < 4.78 is 29.1. The Morgan fingerprint density at radius 1 is 0.927 bits per heavy atom. The summed E-state index contributed by atoms with van der Waals surface area (Å²) in [6.45, 7) is 5.05. The lowest BCUT2D eigenvalue weighted by molar-refractivity contribution is -0.139. The van der Waals surface area contributed by atoms with Crippen molar-refractivity contribution in [2.75, 3.05) is 10.8 Å². The van der Waals surface area contributed by atoms with Crippen LogP contribution in [0.3, 0.4) is 0 Å². The molecule has 9 heteroatoms. The summed E-state index contributed by atoms with van der Waals surface area (Å²) in [6.07, 6.45) is 5.12. The molecular formula is C32H38ClN3O4S. The van der Waals surface area contributed by atoms with E-state index in [1.807, 2.05) is 26.0 Å². The molecule has 0 aliphatic heterocycles. The minimum atomic E-state index is -4.10. The van der Waals surface area contributed by atoms with Gasteiger partial charge in [0.15, 0.2) is 0 Å². The summed E-state index contributed by atoms with van der Waals surface area (Å²) in [5.41, 5.74) is 2.83. The van der Waals surface area contributed by atoms with Crippen molar-refractivity contribution < 1.29 is 18.0 Å². The molecule has 41 heavy (non-hydrogen) atoms. The Kier molecular flexibility index (Phi) is 10.1. The highest BCUT2D eigenvalue weighted by molar-refractivity contribution is 7.92. The number of rotatable bonds is 10. The molecule has 218 valence electrons. The lowest BCUT2D eigenvalue weighted by Crippen LogP contribution is -2.53. The van der Waals surface area contributed by atoms with Crippen LogP contribution in [0.2, 0.25) is 5.02 Å². The van der Waals surface area contributed by atoms with Crippen molar-refractivity contribution >= 4 is 39.1 Å². The molecule has 2 amide bonds. The maximum atomic E-state index is 14.1. The van der Waals surface area contributed by atoms with Gasteiger partial charge in [-0.2, -0.15) is 0 Å². The summed E-state index contributed by atoms with van der Waals surface area (Å²) in [5, 5.41) is 3.68. The number of carbonyl (C=O) groups excluding carboxylic acids is 2. The number of aryl methyl sites for hydroxylation is 2. The highest BCUT2D eigenvalue weighted by Crippen LogP contribution is 2.28. The third kappa shape index (κ3) is 7.68. The highest BCUT2D eigenvalue weighted by Gasteiger charge is 2.33. The Hall–Kier alpha value is -3.36. The van der Waals surface area contributed by atoms with Crippen molar-refractivity contribution in [3.05, 3.63) is 94.5 Å². The number of nitrogens with zero attached hydrogens (tertiary/aromatic N) is 2.